The first-order chi connectivity index (χ1) is 8.18. The number of hydrogen-bond donors (Lipinski definition) is 1. The van der Waals surface area contributed by atoms with Gasteiger partial charge in [0.15, 0.2) is 0 Å². The van der Waals surface area contributed by atoms with Crippen LogP contribution in [-0.2, 0) is 11.6 Å². The number of alkyl halides is 3. The molecule has 5 heteroatoms. The van der Waals surface area contributed by atoms with E-state index in [1.165, 1.54) is 6.07 Å². The summed E-state index contributed by atoms with van der Waals surface area (Å²) in [4.78, 5) is 0. The van der Waals surface area contributed by atoms with E-state index in [2.05, 4.69) is 5.32 Å². The molecule has 1 aromatic rings. The van der Waals surface area contributed by atoms with E-state index in [1.54, 1.807) is 7.05 Å². The first kappa shape index (κ1) is 15.0. The molecular weight excluding hydrogens is 246 g/mol. The summed E-state index contributed by atoms with van der Waals surface area (Å²) in [6, 6.07) is 3.21. The predicted molar refractivity (Wildman–Crippen MR) is 63.0 cm³/mol. The van der Waals surface area contributed by atoms with Gasteiger partial charge in [-0.05, 0) is 43.1 Å². The van der Waals surface area contributed by atoms with Gasteiger partial charge in [0.1, 0.15) is 5.82 Å². The van der Waals surface area contributed by atoms with Crippen molar-refractivity contribution < 1.29 is 17.6 Å². The summed E-state index contributed by atoms with van der Waals surface area (Å²) < 4.78 is 51.0. The van der Waals surface area contributed by atoms with Crippen molar-refractivity contribution in [3.8, 4) is 0 Å². The molecule has 102 valence electrons. The Morgan fingerprint density at radius 1 is 1.17 bits per heavy atom. The fraction of sp³-hybridized carbons (Fsp3) is 0.538. The third-order valence-corrected chi connectivity index (χ3v) is 3.05. The molecule has 1 nitrogen and oxygen atoms in total. The minimum Gasteiger partial charge on any atom is -0.320 e. The fourth-order valence-electron chi connectivity index (χ4n) is 1.75. The van der Waals surface area contributed by atoms with Crippen LogP contribution in [0.4, 0.5) is 17.6 Å². The molecule has 1 rings (SSSR count). The van der Waals surface area contributed by atoms with Gasteiger partial charge in [-0.25, -0.2) is 4.39 Å². The lowest BCUT2D eigenvalue weighted by Gasteiger charge is -2.26. The molecule has 0 aliphatic heterocycles. The van der Waals surface area contributed by atoms with Gasteiger partial charge in [0.2, 0.25) is 0 Å². The largest absolute Gasteiger partial charge is 0.419 e. The molecule has 0 fully saturated rings. The van der Waals surface area contributed by atoms with Gasteiger partial charge < -0.3 is 5.32 Å². The summed E-state index contributed by atoms with van der Waals surface area (Å²) in [6.45, 7) is 4.38. The molecule has 0 aliphatic rings. The minimum atomic E-state index is -4.65. The standard InChI is InChI=1S/C13H17F4N/c1-12(2,6-7-18-3)9-4-5-11(14)10(8-9)13(15,16)17/h4-5,8,18H,6-7H2,1-3H3. The van der Waals surface area contributed by atoms with Gasteiger partial charge in [-0.1, -0.05) is 19.9 Å². The molecule has 0 aromatic heterocycles. The Morgan fingerprint density at radius 3 is 2.28 bits per heavy atom. The Morgan fingerprint density at radius 2 is 1.78 bits per heavy atom. The van der Waals surface area contributed by atoms with Gasteiger partial charge in [0.05, 0.1) is 5.56 Å². The third-order valence-electron chi connectivity index (χ3n) is 3.05. The molecule has 18 heavy (non-hydrogen) atoms. The van der Waals surface area contributed by atoms with Crippen LogP contribution in [0.2, 0.25) is 0 Å². The average Bonchev–Trinajstić information content (AvgIpc) is 2.25. The van der Waals surface area contributed by atoms with Crippen LogP contribution in [0.25, 0.3) is 0 Å². The van der Waals surface area contributed by atoms with E-state index in [9.17, 15) is 17.6 Å². The molecule has 0 saturated heterocycles. The molecular formula is C13H17F4N. The smallest absolute Gasteiger partial charge is 0.320 e. The topological polar surface area (TPSA) is 12.0 Å². The maximum absolute atomic E-state index is 13.2. The van der Waals surface area contributed by atoms with Crippen molar-refractivity contribution in [2.45, 2.75) is 31.9 Å². The minimum absolute atomic E-state index is 0.434. The van der Waals surface area contributed by atoms with Crippen molar-refractivity contribution in [2.75, 3.05) is 13.6 Å². The van der Waals surface area contributed by atoms with Gasteiger partial charge in [0, 0.05) is 0 Å². The second-order valence-corrected chi connectivity index (χ2v) is 4.93. The van der Waals surface area contributed by atoms with Crippen LogP contribution in [0.15, 0.2) is 18.2 Å². The lowest BCUT2D eigenvalue weighted by Crippen LogP contribution is -2.24. The number of nitrogens with one attached hydrogen (secondary N) is 1. The van der Waals surface area contributed by atoms with Crippen molar-refractivity contribution in [3.63, 3.8) is 0 Å². The average molecular weight is 263 g/mol. The van der Waals surface area contributed by atoms with E-state index in [1.807, 2.05) is 13.8 Å². The van der Waals surface area contributed by atoms with Gasteiger partial charge in [-0.2, -0.15) is 13.2 Å². The Bertz CT molecular complexity index is 410. The molecule has 0 unspecified atom stereocenters. The zero-order chi connectivity index (χ0) is 14.0. The number of benzene rings is 1. The van der Waals surface area contributed by atoms with E-state index in [4.69, 9.17) is 0 Å². The summed E-state index contributed by atoms with van der Waals surface area (Å²) in [7, 11) is 1.78. The highest BCUT2D eigenvalue weighted by atomic mass is 19.4. The number of rotatable bonds is 4. The molecule has 0 spiro atoms. The lowest BCUT2D eigenvalue weighted by atomic mass is 9.81. The Kier molecular flexibility index (Phi) is 4.37. The molecule has 0 amide bonds. The zero-order valence-corrected chi connectivity index (χ0v) is 10.7. The highest BCUT2D eigenvalue weighted by molar-refractivity contribution is 5.32. The van der Waals surface area contributed by atoms with Gasteiger partial charge in [-0.15, -0.1) is 0 Å². The second-order valence-electron chi connectivity index (χ2n) is 4.93. The van der Waals surface area contributed by atoms with Crippen molar-refractivity contribution in [3.05, 3.63) is 35.1 Å². The molecule has 0 saturated carbocycles. The van der Waals surface area contributed by atoms with E-state index in [0.29, 0.717) is 18.5 Å². The summed E-state index contributed by atoms with van der Waals surface area (Å²) in [6.07, 6.45) is -3.98. The third kappa shape index (κ3) is 3.45. The van der Waals surface area contributed by atoms with Crippen LogP contribution < -0.4 is 5.32 Å². The van der Waals surface area contributed by atoms with Crippen molar-refractivity contribution in [2.24, 2.45) is 0 Å². The first-order valence-electron chi connectivity index (χ1n) is 5.70. The van der Waals surface area contributed by atoms with Gasteiger partial charge in [-0.3, -0.25) is 0 Å². The van der Waals surface area contributed by atoms with Crippen LogP contribution in [0, 0.1) is 5.82 Å². The molecule has 0 bridgehead atoms. The summed E-state index contributed by atoms with van der Waals surface area (Å²) in [5.74, 6) is -1.23. The SMILES string of the molecule is CNCCC(C)(C)c1ccc(F)c(C(F)(F)F)c1. The molecule has 0 radical (unpaired) electrons. The maximum Gasteiger partial charge on any atom is 0.419 e. The molecule has 0 aliphatic carbocycles. The Labute approximate surface area is 104 Å². The summed E-state index contributed by atoms with van der Waals surface area (Å²) in [5.41, 5.74) is -1.14. The maximum atomic E-state index is 13.2. The summed E-state index contributed by atoms with van der Waals surface area (Å²) >= 11 is 0. The lowest BCUT2D eigenvalue weighted by molar-refractivity contribution is -0.140. The van der Waals surface area contributed by atoms with Crippen LogP contribution in [0.5, 0.6) is 0 Å². The van der Waals surface area contributed by atoms with E-state index in [-0.39, 0.29) is 0 Å². The molecule has 0 atom stereocenters. The van der Waals surface area contributed by atoms with E-state index < -0.39 is 23.0 Å². The van der Waals surface area contributed by atoms with Crippen LogP contribution in [0.3, 0.4) is 0 Å². The number of halogens is 4. The predicted octanol–water partition coefficient (Wildman–Crippen LogP) is 3.73. The normalized spacial score (nSPS) is 12.8. The van der Waals surface area contributed by atoms with Crippen LogP contribution in [-0.4, -0.2) is 13.6 Å². The highest BCUT2D eigenvalue weighted by Crippen LogP contribution is 2.35. The monoisotopic (exact) mass is 263 g/mol. The second kappa shape index (κ2) is 5.26. The van der Waals surface area contributed by atoms with E-state index in [0.717, 1.165) is 12.1 Å². The van der Waals surface area contributed by atoms with Crippen molar-refractivity contribution in [1.82, 2.24) is 5.32 Å². The van der Waals surface area contributed by atoms with Gasteiger partial charge >= 0.3 is 6.18 Å². The van der Waals surface area contributed by atoms with Crippen molar-refractivity contribution in [1.29, 1.82) is 0 Å². The van der Waals surface area contributed by atoms with Gasteiger partial charge in [0.25, 0.3) is 0 Å². The zero-order valence-electron chi connectivity index (χ0n) is 10.7. The quantitative estimate of drug-likeness (QED) is 0.816. The molecule has 0 heterocycles. The Hall–Kier alpha value is -1.10. The summed E-state index contributed by atoms with van der Waals surface area (Å²) in [5, 5.41) is 2.95. The fourth-order valence-corrected chi connectivity index (χ4v) is 1.75. The van der Waals surface area contributed by atoms with Crippen LogP contribution >= 0.6 is 0 Å². The Balaban J connectivity index is 3.12. The molecule has 1 N–H and O–H groups in total. The number of hydrogen-bond acceptors (Lipinski definition) is 1. The first-order valence-corrected chi connectivity index (χ1v) is 5.70. The highest BCUT2D eigenvalue weighted by Gasteiger charge is 2.35. The van der Waals surface area contributed by atoms with Crippen LogP contribution in [0.1, 0.15) is 31.4 Å². The van der Waals surface area contributed by atoms with E-state index >= 15 is 0 Å². The van der Waals surface area contributed by atoms with Crippen molar-refractivity contribution >= 4 is 0 Å². The molecule has 1 aromatic carbocycles.